The molecule has 0 radical (unpaired) electrons. The van der Waals surface area contributed by atoms with E-state index in [-0.39, 0.29) is 0 Å². The number of hydrogen-bond acceptors (Lipinski definition) is 6. The maximum atomic E-state index is 11.5. The number of nitrogens with two attached hydrogens (primary N) is 1. The highest BCUT2D eigenvalue weighted by molar-refractivity contribution is 5.97. The second-order valence-electron chi connectivity index (χ2n) is 4.61. The van der Waals surface area contributed by atoms with Crippen LogP contribution in [0, 0.1) is 0 Å². The molecule has 0 aliphatic rings. The van der Waals surface area contributed by atoms with Crippen LogP contribution in [-0.2, 0) is 4.74 Å². The van der Waals surface area contributed by atoms with Gasteiger partial charge in [0, 0.05) is 25.3 Å². The summed E-state index contributed by atoms with van der Waals surface area (Å²) in [5.41, 5.74) is 6.55. The number of ether oxygens (including phenoxy) is 1. The monoisotopic (exact) mass is 266 g/mol. The van der Waals surface area contributed by atoms with Crippen molar-refractivity contribution >= 4 is 17.5 Å². The third kappa shape index (κ3) is 4.10. The minimum atomic E-state index is -0.456. The summed E-state index contributed by atoms with van der Waals surface area (Å²) in [6.45, 7) is 5.83. The maximum absolute atomic E-state index is 11.5. The Balaban J connectivity index is 2.67. The van der Waals surface area contributed by atoms with E-state index in [0.29, 0.717) is 29.7 Å². The highest BCUT2D eigenvalue weighted by Gasteiger charge is 2.13. The van der Waals surface area contributed by atoms with Crippen molar-refractivity contribution in [3.63, 3.8) is 0 Å². The highest BCUT2D eigenvalue weighted by atomic mass is 16.5. The van der Waals surface area contributed by atoms with E-state index in [1.54, 1.807) is 6.07 Å². The quantitative estimate of drug-likeness (QED) is 0.753. The number of anilines is 2. The first-order valence-electron chi connectivity index (χ1n) is 6.24. The molecule has 0 aromatic carbocycles. The van der Waals surface area contributed by atoms with E-state index in [0.717, 1.165) is 6.54 Å². The molecule has 1 heterocycles. The van der Waals surface area contributed by atoms with E-state index in [4.69, 9.17) is 5.73 Å². The Labute approximate surface area is 113 Å². The largest absolute Gasteiger partial charge is 0.465 e. The molecular formula is C13H22N4O2. The average Bonchev–Trinajstić information content (AvgIpc) is 2.39. The second kappa shape index (κ2) is 6.94. The topological polar surface area (TPSA) is 80.5 Å². The molecule has 0 spiro atoms. The van der Waals surface area contributed by atoms with Crippen LogP contribution in [0.4, 0.5) is 11.5 Å². The molecule has 1 aromatic heterocycles. The lowest BCUT2D eigenvalue weighted by atomic mass is 10.2. The van der Waals surface area contributed by atoms with Gasteiger partial charge in [-0.25, -0.2) is 9.78 Å². The number of rotatable bonds is 6. The number of carbonyl (C=O) groups is 1. The van der Waals surface area contributed by atoms with Crippen molar-refractivity contribution in [2.24, 2.45) is 0 Å². The summed E-state index contributed by atoms with van der Waals surface area (Å²) in [5.74, 6) is 0.0577. The van der Waals surface area contributed by atoms with E-state index < -0.39 is 5.97 Å². The summed E-state index contributed by atoms with van der Waals surface area (Å²) in [5, 5.41) is 3.13. The molecule has 0 amide bonds. The van der Waals surface area contributed by atoms with Gasteiger partial charge < -0.3 is 20.7 Å². The Bertz CT molecular complexity index is 435. The predicted molar refractivity (Wildman–Crippen MR) is 76.2 cm³/mol. The van der Waals surface area contributed by atoms with Crippen LogP contribution in [0.5, 0.6) is 0 Å². The highest BCUT2D eigenvalue weighted by Crippen LogP contribution is 2.20. The molecule has 6 heteroatoms. The minimum Gasteiger partial charge on any atom is -0.465 e. The number of nitrogens with one attached hydrogen (secondary N) is 1. The average molecular weight is 266 g/mol. The van der Waals surface area contributed by atoms with Gasteiger partial charge in [-0.3, -0.25) is 0 Å². The van der Waals surface area contributed by atoms with Crippen molar-refractivity contribution in [1.82, 2.24) is 9.88 Å². The van der Waals surface area contributed by atoms with Crippen LogP contribution in [0.25, 0.3) is 0 Å². The zero-order valence-corrected chi connectivity index (χ0v) is 11.9. The lowest BCUT2D eigenvalue weighted by Gasteiger charge is -2.21. The summed E-state index contributed by atoms with van der Waals surface area (Å²) in [7, 11) is 3.38. The molecule has 0 saturated carbocycles. The summed E-state index contributed by atoms with van der Waals surface area (Å²) >= 11 is 0. The maximum Gasteiger partial charge on any atom is 0.340 e. The molecule has 0 bridgehead atoms. The van der Waals surface area contributed by atoms with E-state index in [1.165, 1.54) is 13.3 Å². The van der Waals surface area contributed by atoms with Gasteiger partial charge >= 0.3 is 5.97 Å². The van der Waals surface area contributed by atoms with Gasteiger partial charge in [0.2, 0.25) is 0 Å². The van der Waals surface area contributed by atoms with Gasteiger partial charge in [0.05, 0.1) is 18.4 Å². The van der Waals surface area contributed by atoms with Crippen molar-refractivity contribution in [2.45, 2.75) is 19.9 Å². The Morgan fingerprint density at radius 3 is 2.84 bits per heavy atom. The van der Waals surface area contributed by atoms with Gasteiger partial charge in [-0.1, -0.05) is 0 Å². The number of nitrogens with zero attached hydrogens (tertiary/aromatic N) is 2. The van der Waals surface area contributed by atoms with Crippen molar-refractivity contribution < 1.29 is 9.53 Å². The summed E-state index contributed by atoms with van der Waals surface area (Å²) in [4.78, 5) is 17.8. The fraction of sp³-hybridized carbons (Fsp3) is 0.538. The fourth-order valence-electron chi connectivity index (χ4n) is 1.51. The third-order valence-electron chi connectivity index (χ3n) is 3.03. The van der Waals surface area contributed by atoms with Crippen molar-refractivity contribution in [3.05, 3.63) is 17.8 Å². The molecule has 6 nitrogen and oxygen atoms in total. The molecule has 0 unspecified atom stereocenters. The lowest BCUT2D eigenvalue weighted by molar-refractivity contribution is 0.0602. The van der Waals surface area contributed by atoms with Gasteiger partial charge in [0.15, 0.2) is 0 Å². The first kappa shape index (κ1) is 15.2. The Morgan fingerprint density at radius 2 is 2.26 bits per heavy atom. The minimum absolute atomic E-state index is 0.321. The van der Waals surface area contributed by atoms with E-state index in [9.17, 15) is 4.79 Å². The fourth-order valence-corrected chi connectivity index (χ4v) is 1.51. The summed E-state index contributed by atoms with van der Waals surface area (Å²) < 4.78 is 4.66. The van der Waals surface area contributed by atoms with Gasteiger partial charge in [0.25, 0.3) is 0 Å². The molecule has 106 valence electrons. The van der Waals surface area contributed by atoms with Crippen molar-refractivity contribution in [2.75, 3.05) is 38.3 Å². The van der Waals surface area contributed by atoms with Crippen LogP contribution < -0.4 is 11.1 Å². The zero-order valence-electron chi connectivity index (χ0n) is 11.9. The Morgan fingerprint density at radius 1 is 1.58 bits per heavy atom. The summed E-state index contributed by atoms with van der Waals surface area (Å²) in [6, 6.07) is 2.03. The van der Waals surface area contributed by atoms with Gasteiger partial charge in [-0.15, -0.1) is 0 Å². The SMILES string of the molecule is COC(=O)c1ccnc(NCCN(C)C(C)C)c1N. The third-order valence-corrected chi connectivity index (χ3v) is 3.03. The number of hydrogen-bond donors (Lipinski definition) is 2. The van der Waals surface area contributed by atoms with E-state index in [2.05, 4.69) is 33.8 Å². The Kier molecular flexibility index (Phi) is 5.57. The van der Waals surface area contributed by atoms with Crippen molar-refractivity contribution in [1.29, 1.82) is 0 Å². The van der Waals surface area contributed by atoms with Crippen LogP contribution in [0.2, 0.25) is 0 Å². The molecule has 0 aliphatic carbocycles. The number of methoxy groups -OCH3 is 1. The summed E-state index contributed by atoms with van der Waals surface area (Å²) in [6.07, 6.45) is 1.54. The smallest absolute Gasteiger partial charge is 0.340 e. The molecule has 19 heavy (non-hydrogen) atoms. The first-order valence-corrected chi connectivity index (χ1v) is 6.24. The normalized spacial score (nSPS) is 10.8. The molecule has 0 fully saturated rings. The van der Waals surface area contributed by atoms with Crippen LogP contribution in [0.1, 0.15) is 24.2 Å². The molecule has 0 atom stereocenters. The van der Waals surface area contributed by atoms with Crippen LogP contribution in [0.3, 0.4) is 0 Å². The molecule has 0 aliphatic heterocycles. The standard InChI is InChI=1S/C13H22N4O2/c1-9(2)17(3)8-7-16-12-11(14)10(5-6-15-12)13(18)19-4/h5-6,9H,7-8,14H2,1-4H3,(H,15,16). The van der Waals surface area contributed by atoms with Crippen LogP contribution in [0.15, 0.2) is 12.3 Å². The van der Waals surface area contributed by atoms with Gasteiger partial charge in [-0.05, 0) is 27.0 Å². The molecule has 0 saturated heterocycles. The molecule has 3 N–H and O–H groups in total. The molecule has 1 aromatic rings. The number of aromatic nitrogens is 1. The lowest BCUT2D eigenvalue weighted by Crippen LogP contribution is -2.31. The van der Waals surface area contributed by atoms with E-state index in [1.807, 2.05) is 7.05 Å². The van der Waals surface area contributed by atoms with Gasteiger partial charge in [-0.2, -0.15) is 0 Å². The number of esters is 1. The number of likely N-dealkylation sites (N-methyl/N-ethyl adjacent to an activating group) is 1. The number of nitrogen functional groups attached to an aromatic ring is 1. The van der Waals surface area contributed by atoms with Crippen LogP contribution >= 0.6 is 0 Å². The molecular weight excluding hydrogens is 244 g/mol. The second-order valence-corrected chi connectivity index (χ2v) is 4.61. The van der Waals surface area contributed by atoms with E-state index >= 15 is 0 Å². The van der Waals surface area contributed by atoms with Crippen LogP contribution in [-0.4, -0.2) is 49.1 Å². The Hall–Kier alpha value is -1.82. The molecule has 1 rings (SSSR count). The zero-order chi connectivity index (χ0) is 14.4. The number of pyridine rings is 1. The number of carbonyl (C=O) groups excluding carboxylic acids is 1. The van der Waals surface area contributed by atoms with Crippen molar-refractivity contribution in [3.8, 4) is 0 Å². The predicted octanol–water partition coefficient (Wildman–Crippen LogP) is 1.20. The first-order chi connectivity index (χ1) is 8.97. The van der Waals surface area contributed by atoms with Gasteiger partial charge in [0.1, 0.15) is 5.82 Å².